The molecule has 2 nitrogen and oxygen atoms in total. The van der Waals surface area contributed by atoms with Crippen molar-refractivity contribution in [2.75, 3.05) is 0 Å². The van der Waals surface area contributed by atoms with Crippen molar-refractivity contribution in [3.8, 4) is 44.9 Å². The highest BCUT2D eigenvalue weighted by atomic mass is 15.1. The van der Waals surface area contributed by atoms with Gasteiger partial charge in [-0.05, 0) is 142 Å². The second kappa shape index (κ2) is 13.5. The minimum Gasteiger partial charge on any atom is -0.310 e. The molecular formula is C67H55BN2. The van der Waals surface area contributed by atoms with Crippen molar-refractivity contribution < 1.29 is 0 Å². The van der Waals surface area contributed by atoms with Gasteiger partial charge in [-0.1, -0.05) is 195 Å². The summed E-state index contributed by atoms with van der Waals surface area (Å²) in [6.45, 7) is 18.6. The van der Waals surface area contributed by atoms with Gasteiger partial charge < -0.3 is 9.13 Å². The SMILES string of the molecule is CCc1cc2c3c(c1)c1cc(CC)cc4c1n3-c1c(ccc3c1B2c1c2ccccc2cc2c(-c5ccc(C(C)(C)C)cc5)c(-c5ccc(C(C)(C)C)cc5)n-3c12)C41c2ccccc2-c2ccccc21. The standard InChI is InChI=1S/C67H55BN2/c1-9-38-33-48-49-34-39(10-2)36-55-62(49)70-61(48)54(35-38)67(51-21-15-13-19-46(51)47-20-14-16-22-52(47)67)53-31-32-56-59(64(53)70)68(55)58-45-18-12-11-17-42(45)37-50-57(40-23-27-43(28-24-40)65(3,4)5)60(69(56)63(50)58)41-25-29-44(30-26-41)66(6,7)8/h11-37H,9-10H2,1-8H3. The molecule has 0 saturated heterocycles. The Morgan fingerprint density at radius 2 is 1.04 bits per heavy atom. The highest BCUT2D eigenvalue weighted by Crippen LogP contribution is 2.62. The molecule has 9 aromatic carbocycles. The summed E-state index contributed by atoms with van der Waals surface area (Å²) in [5.74, 6) is 0. The van der Waals surface area contributed by atoms with Gasteiger partial charge in [-0.15, -0.1) is 0 Å². The van der Waals surface area contributed by atoms with Gasteiger partial charge in [-0.25, -0.2) is 0 Å². The summed E-state index contributed by atoms with van der Waals surface area (Å²) in [5.41, 5.74) is 29.4. The molecule has 15 rings (SSSR count). The van der Waals surface area contributed by atoms with Gasteiger partial charge in [0.15, 0.2) is 0 Å². The number of hydrogen-bond donors (Lipinski definition) is 0. The average molecular weight is 899 g/mol. The Morgan fingerprint density at radius 3 is 1.69 bits per heavy atom. The Balaban J connectivity index is 1.18. The average Bonchev–Trinajstić information content (AvgIpc) is 4.00. The molecule has 336 valence electrons. The third-order valence-electron chi connectivity index (χ3n) is 17.3. The maximum Gasteiger partial charge on any atom is 0.253 e. The minimum atomic E-state index is -0.516. The van der Waals surface area contributed by atoms with Crippen molar-refractivity contribution in [2.24, 2.45) is 0 Å². The van der Waals surface area contributed by atoms with Gasteiger partial charge in [0.05, 0.1) is 22.1 Å². The van der Waals surface area contributed by atoms with Gasteiger partial charge >= 0.3 is 0 Å². The molecule has 3 heteroatoms. The van der Waals surface area contributed by atoms with Crippen molar-refractivity contribution in [3.05, 3.63) is 208 Å². The van der Waals surface area contributed by atoms with Crippen molar-refractivity contribution in [2.45, 2.75) is 84.5 Å². The Labute approximate surface area is 411 Å². The van der Waals surface area contributed by atoms with E-state index in [0.717, 1.165) is 12.8 Å². The lowest BCUT2D eigenvalue weighted by atomic mass is 9.33. The fourth-order valence-electron chi connectivity index (χ4n) is 14.1. The maximum atomic E-state index is 2.77. The quantitative estimate of drug-likeness (QED) is 0.156. The smallest absolute Gasteiger partial charge is 0.253 e. The molecule has 1 aliphatic carbocycles. The van der Waals surface area contributed by atoms with Crippen LogP contribution in [0.3, 0.4) is 0 Å². The van der Waals surface area contributed by atoms with Crippen LogP contribution in [0.2, 0.25) is 0 Å². The predicted octanol–water partition coefficient (Wildman–Crippen LogP) is 14.8. The fourth-order valence-corrected chi connectivity index (χ4v) is 14.1. The van der Waals surface area contributed by atoms with Crippen molar-refractivity contribution >= 4 is 66.6 Å². The highest BCUT2D eigenvalue weighted by Gasteiger charge is 2.54. The van der Waals surface area contributed by atoms with Crippen LogP contribution in [0.1, 0.15) is 99.9 Å². The molecule has 5 heterocycles. The van der Waals surface area contributed by atoms with Crippen molar-refractivity contribution in [3.63, 3.8) is 0 Å². The molecule has 0 saturated carbocycles. The van der Waals surface area contributed by atoms with E-state index in [-0.39, 0.29) is 17.5 Å². The zero-order valence-corrected chi connectivity index (χ0v) is 41.5. The lowest BCUT2D eigenvalue weighted by molar-refractivity contribution is 0.590. The molecule has 0 fully saturated rings. The number of aryl methyl sites for hydroxylation is 2. The van der Waals surface area contributed by atoms with E-state index in [1.165, 1.54) is 149 Å². The number of nitrogens with zero attached hydrogens (tertiary/aromatic N) is 2. The summed E-state index contributed by atoms with van der Waals surface area (Å²) in [6, 6.07) is 65.0. The van der Waals surface area contributed by atoms with Crippen molar-refractivity contribution in [1.29, 1.82) is 0 Å². The lowest BCUT2D eigenvalue weighted by Crippen LogP contribution is -2.60. The number of hydrogen-bond acceptors (Lipinski definition) is 0. The number of aromatic nitrogens is 2. The maximum absolute atomic E-state index is 2.77. The van der Waals surface area contributed by atoms with Crippen LogP contribution in [0.15, 0.2) is 164 Å². The summed E-state index contributed by atoms with van der Waals surface area (Å²) >= 11 is 0. The van der Waals surface area contributed by atoms with Crippen LogP contribution >= 0.6 is 0 Å². The second-order valence-electron chi connectivity index (χ2n) is 23.0. The normalized spacial score (nSPS) is 14.5. The number of rotatable bonds is 4. The molecule has 0 atom stereocenters. The first kappa shape index (κ1) is 40.5. The molecule has 1 spiro atoms. The molecule has 0 radical (unpaired) electrons. The van der Waals surface area contributed by atoms with Gasteiger partial charge in [0.2, 0.25) is 0 Å². The molecule has 70 heavy (non-hydrogen) atoms. The van der Waals surface area contributed by atoms with Gasteiger partial charge in [-0.2, -0.15) is 0 Å². The minimum absolute atomic E-state index is 0.00451. The molecule has 0 unspecified atom stereocenters. The highest BCUT2D eigenvalue weighted by molar-refractivity contribution is 7.01. The van der Waals surface area contributed by atoms with Crippen LogP contribution in [-0.2, 0) is 29.1 Å². The van der Waals surface area contributed by atoms with E-state index in [4.69, 9.17) is 0 Å². The first-order valence-corrected chi connectivity index (χ1v) is 25.8. The van der Waals surface area contributed by atoms with E-state index in [2.05, 4.69) is 228 Å². The first-order chi connectivity index (χ1) is 33.9. The molecule has 2 aromatic heterocycles. The van der Waals surface area contributed by atoms with Crippen LogP contribution in [0.25, 0.3) is 88.4 Å². The lowest BCUT2D eigenvalue weighted by Gasteiger charge is -2.44. The Hall–Kier alpha value is -7.36. The molecule has 3 aliphatic heterocycles. The summed E-state index contributed by atoms with van der Waals surface area (Å²) in [4.78, 5) is 0. The topological polar surface area (TPSA) is 9.86 Å². The van der Waals surface area contributed by atoms with Gasteiger partial charge in [-0.3, -0.25) is 0 Å². The number of fused-ring (bicyclic) bond motifs is 13. The molecule has 0 bridgehead atoms. The zero-order chi connectivity index (χ0) is 47.3. The van der Waals surface area contributed by atoms with E-state index < -0.39 is 5.41 Å². The summed E-state index contributed by atoms with van der Waals surface area (Å²) in [5, 5.41) is 6.71. The molecular weight excluding hydrogens is 844 g/mol. The van der Waals surface area contributed by atoms with Crippen LogP contribution in [0, 0.1) is 0 Å². The Bertz CT molecular complexity index is 4100. The molecule has 0 amide bonds. The molecule has 11 aromatic rings. The van der Waals surface area contributed by atoms with Crippen LogP contribution in [0.4, 0.5) is 0 Å². The first-order valence-electron chi connectivity index (χ1n) is 25.8. The third-order valence-corrected chi connectivity index (χ3v) is 17.3. The largest absolute Gasteiger partial charge is 0.310 e. The van der Waals surface area contributed by atoms with Gasteiger partial charge in [0.25, 0.3) is 6.71 Å². The third kappa shape index (κ3) is 4.86. The second-order valence-corrected chi connectivity index (χ2v) is 23.0. The van der Waals surface area contributed by atoms with E-state index in [0.29, 0.717) is 0 Å². The summed E-state index contributed by atoms with van der Waals surface area (Å²) < 4.78 is 5.50. The summed E-state index contributed by atoms with van der Waals surface area (Å²) in [6.07, 6.45) is 1.94. The molecule has 4 aliphatic rings. The van der Waals surface area contributed by atoms with Gasteiger partial charge in [0.1, 0.15) is 0 Å². The van der Waals surface area contributed by atoms with Gasteiger partial charge in [0, 0.05) is 38.6 Å². The van der Waals surface area contributed by atoms with Crippen LogP contribution in [-0.4, -0.2) is 15.8 Å². The predicted molar refractivity (Wildman–Crippen MR) is 298 cm³/mol. The van der Waals surface area contributed by atoms with E-state index in [9.17, 15) is 0 Å². The monoisotopic (exact) mass is 898 g/mol. The van der Waals surface area contributed by atoms with E-state index >= 15 is 0 Å². The molecule has 0 N–H and O–H groups in total. The van der Waals surface area contributed by atoms with E-state index in [1.54, 1.807) is 0 Å². The Kier molecular flexibility index (Phi) is 7.81. The summed E-state index contributed by atoms with van der Waals surface area (Å²) in [7, 11) is 0. The van der Waals surface area contributed by atoms with Crippen LogP contribution < -0.4 is 16.4 Å². The van der Waals surface area contributed by atoms with E-state index in [1.807, 2.05) is 0 Å². The van der Waals surface area contributed by atoms with Crippen molar-refractivity contribution in [1.82, 2.24) is 9.13 Å². The fraction of sp³-hybridized carbons (Fsp3) is 0.194. The van der Waals surface area contributed by atoms with Crippen LogP contribution in [0.5, 0.6) is 0 Å². The Morgan fingerprint density at radius 1 is 0.457 bits per heavy atom. The number of benzene rings is 9. The zero-order valence-electron chi connectivity index (χ0n) is 41.5.